The summed E-state index contributed by atoms with van der Waals surface area (Å²) in [4.78, 5) is 14.1. The normalized spacial score (nSPS) is 54.5. The van der Waals surface area contributed by atoms with Crippen molar-refractivity contribution in [3.05, 3.63) is 68.4 Å². The Labute approximate surface area is 611 Å². The van der Waals surface area contributed by atoms with Crippen molar-refractivity contribution in [2.24, 2.45) is 111 Å². The van der Waals surface area contributed by atoms with Crippen molar-refractivity contribution in [2.45, 2.75) is 333 Å². The molecular formula is C88H133N3O11. The van der Waals surface area contributed by atoms with Crippen molar-refractivity contribution in [1.82, 2.24) is 16.0 Å². The lowest BCUT2D eigenvalue weighted by Gasteiger charge is -2.50. The monoisotopic (exact) mass is 1410 g/mol. The molecule has 13 aliphatic carbocycles. The SMILES string of the molecule is CC1=C2C(=O)[C@H]3[C@@H](CC=C4C[C@@H](O)CC[C@@]43C)[C@@H]2CCC12O[C@@H]1C[C@H](C)CN[C@H]1[C@H]2C.CC1=C2C[C@H]3[C@@H](CC=C4C[C@@H](O)CC[C@@]43C)[C@@H]2CCC12O[C@@H]1C[C@H](C)CN[C@H]1[C@H]2C.CC1=C2C[C@H]3[C@@H](CC=C4C[C@@H](OC5CC(CO)C(O)C(O)C5O)CC[C@@]43C)[C@@H]2CCC12O[C@@H]1C[C@H](C)CN[C@H]1[C@H]2C. The summed E-state index contributed by atoms with van der Waals surface area (Å²) >= 11 is 0. The van der Waals surface area contributed by atoms with E-state index in [1.54, 1.807) is 27.9 Å². The van der Waals surface area contributed by atoms with Gasteiger partial charge in [0.25, 0.3) is 0 Å². The fourth-order valence-electron chi connectivity index (χ4n) is 29.0. The Balaban J connectivity index is 0.000000116. The highest BCUT2D eigenvalue weighted by Crippen LogP contribution is 2.69. The lowest BCUT2D eigenvalue weighted by Crippen LogP contribution is -2.56. The summed E-state index contributed by atoms with van der Waals surface area (Å²) in [6.07, 6.45) is 29.3. The minimum Gasteiger partial charge on any atom is -0.396 e. The minimum absolute atomic E-state index is 0.00816. The summed E-state index contributed by atoms with van der Waals surface area (Å²) in [6.45, 7) is 31.8. The van der Waals surface area contributed by atoms with E-state index in [1.807, 2.05) is 0 Å². The Hall–Kier alpha value is -2.41. The molecule has 14 nitrogen and oxygen atoms in total. The summed E-state index contributed by atoms with van der Waals surface area (Å²) in [5.74, 6) is 8.81. The number of piperidine rings is 3. The van der Waals surface area contributed by atoms with Crippen LogP contribution in [0.4, 0.5) is 0 Å². The third-order valence-corrected chi connectivity index (χ3v) is 35.0. The number of Topliss-reactive ketones (excluding diaryl/α,β-unsaturated/α-hetero) is 1. The van der Waals surface area contributed by atoms with E-state index < -0.39 is 30.3 Å². The molecule has 6 aliphatic heterocycles. The number of aliphatic hydroxyl groups is 6. The first kappa shape index (κ1) is 72.5. The van der Waals surface area contributed by atoms with Crippen molar-refractivity contribution in [3.63, 3.8) is 0 Å². The first-order chi connectivity index (χ1) is 48.7. The molecular weight excluding hydrogens is 1270 g/mol. The highest BCUT2D eigenvalue weighted by molar-refractivity contribution is 6.02. The molecule has 14 heteroatoms. The van der Waals surface area contributed by atoms with Gasteiger partial charge in [0.2, 0.25) is 0 Å². The first-order valence-electron chi connectivity index (χ1n) is 42.3. The molecule has 0 radical (unpaired) electrons. The number of fused-ring (bicyclic) bond motifs is 18. The van der Waals surface area contributed by atoms with E-state index in [0.29, 0.717) is 107 Å². The second kappa shape index (κ2) is 26.4. The van der Waals surface area contributed by atoms with Gasteiger partial charge in [0.15, 0.2) is 5.78 Å². The van der Waals surface area contributed by atoms with Crippen LogP contribution in [-0.4, -0.2) is 159 Å². The highest BCUT2D eigenvalue weighted by atomic mass is 16.5. The molecule has 102 heavy (non-hydrogen) atoms. The van der Waals surface area contributed by atoms with Gasteiger partial charge in [-0.05, 0) is 293 Å². The third kappa shape index (κ3) is 10.9. The van der Waals surface area contributed by atoms with Gasteiger partial charge < -0.3 is 65.5 Å². The van der Waals surface area contributed by atoms with E-state index in [0.717, 1.165) is 139 Å². The molecule has 9 N–H and O–H groups in total. The van der Waals surface area contributed by atoms with E-state index in [2.05, 4.69) is 117 Å². The number of hydrogen-bond acceptors (Lipinski definition) is 14. The standard InChI is InChI=1S/C34H53NO6.C27H39NO3.C27H41NO2/c1-17-11-27-29(35-15-17)19(3)34(41-27)10-8-23-24-6-5-21-13-22(7-9-33(21,4)26(24)14-25(23)18(34)2)40-28-12-20(16-36)30(37)32(39)31(28)38;1-14-11-21-24(28-13-14)16(3)27(31-21)10-8-19-20-6-5-17-12-18(29)7-9-26(17,4)23(20)25(30)22(19)15(27)2;1-15-11-24-25(28-14-15)17(3)27(30-24)10-8-20-21-6-5-18-12-19(29)7-9-26(18,4)23(21)13-22(20)16(27)2/h5,17,19-20,22-24,26-32,35-39H,6-16H2,1-4H3;5,14,16,18-21,23-24,28-29H,6-13H2,1-4H3;5,15,17,19-21,23-25,28-29H,6-14H2,1-4H3/t17-,19+,20?,22-,23-,24-,26-,27+,28?,29-,30?,31?,32?,33-,34?;14-,16+,18-,19-,20-,21+,23+,24-,26-,27?;15-,17+,19-,20-,21-,23-,24+,25-,26-,27?/m000/s1. The van der Waals surface area contributed by atoms with Crippen LogP contribution in [0.25, 0.3) is 0 Å². The average Bonchev–Trinajstić information content (AvgIpc) is 1.55. The molecule has 0 aromatic carbocycles. The van der Waals surface area contributed by atoms with Gasteiger partial charge in [0, 0.05) is 59.9 Å². The van der Waals surface area contributed by atoms with Crippen LogP contribution in [0, 0.1) is 111 Å². The number of carbonyl (C=O) groups excluding carboxylic acids is 1. The maximum atomic E-state index is 14.1. The van der Waals surface area contributed by atoms with E-state index in [-0.39, 0.29) is 64.6 Å². The van der Waals surface area contributed by atoms with Gasteiger partial charge >= 0.3 is 0 Å². The molecule has 0 amide bonds. The number of aliphatic hydroxyl groups excluding tert-OH is 6. The number of allylic oxidation sites excluding steroid dienone is 6. The van der Waals surface area contributed by atoms with E-state index >= 15 is 0 Å². The van der Waals surface area contributed by atoms with Crippen LogP contribution in [0.1, 0.15) is 237 Å². The molecule has 3 spiro atoms. The van der Waals surface area contributed by atoms with Gasteiger partial charge in [-0.3, -0.25) is 4.79 Å². The molecule has 19 rings (SSSR count). The molecule has 13 fully saturated rings. The zero-order valence-electron chi connectivity index (χ0n) is 64.5. The van der Waals surface area contributed by atoms with Crippen molar-refractivity contribution >= 4 is 5.78 Å². The molecule has 8 unspecified atom stereocenters. The average molecular weight is 1410 g/mol. The predicted molar refractivity (Wildman–Crippen MR) is 396 cm³/mol. The quantitative estimate of drug-likeness (QED) is 0.120. The molecule has 19 aliphatic rings. The third-order valence-electron chi connectivity index (χ3n) is 35.0. The van der Waals surface area contributed by atoms with Crippen LogP contribution in [0.2, 0.25) is 0 Å². The zero-order valence-corrected chi connectivity index (χ0v) is 64.5. The number of hydrogen-bond donors (Lipinski definition) is 9. The highest BCUT2D eigenvalue weighted by Gasteiger charge is 2.67. The van der Waals surface area contributed by atoms with Gasteiger partial charge in [-0.25, -0.2) is 0 Å². The van der Waals surface area contributed by atoms with Crippen LogP contribution in [0.5, 0.6) is 0 Å². The maximum absolute atomic E-state index is 14.1. The zero-order chi connectivity index (χ0) is 71.4. The maximum Gasteiger partial charge on any atom is 0.163 e. The molecule has 0 aromatic heterocycles. The Morgan fingerprint density at radius 3 is 1.38 bits per heavy atom. The molecule has 35 atom stereocenters. The second-order valence-electron chi connectivity index (χ2n) is 39.7. The number of carbonyl (C=O) groups is 1. The fourth-order valence-corrected chi connectivity index (χ4v) is 29.0. The van der Waals surface area contributed by atoms with Crippen LogP contribution in [0.15, 0.2) is 68.4 Å². The molecule has 0 bridgehead atoms. The Bertz CT molecular complexity index is 3460. The van der Waals surface area contributed by atoms with Crippen LogP contribution < -0.4 is 16.0 Å². The Kier molecular flexibility index (Phi) is 18.8. The Morgan fingerprint density at radius 1 is 0.480 bits per heavy atom. The smallest absolute Gasteiger partial charge is 0.163 e. The number of ketones is 1. The first-order valence-corrected chi connectivity index (χ1v) is 42.3. The van der Waals surface area contributed by atoms with Crippen LogP contribution in [-0.2, 0) is 23.7 Å². The number of ether oxygens (including phenoxy) is 4. The summed E-state index contributed by atoms with van der Waals surface area (Å²) in [5, 5.41) is 72.9. The number of nitrogens with one attached hydrogen (secondary N) is 3. The van der Waals surface area contributed by atoms with Gasteiger partial charge in [-0.2, -0.15) is 0 Å². The van der Waals surface area contributed by atoms with Crippen molar-refractivity contribution in [3.8, 4) is 0 Å². The predicted octanol–water partition coefficient (Wildman–Crippen LogP) is 12.7. The van der Waals surface area contributed by atoms with E-state index in [4.69, 9.17) is 18.9 Å². The molecule has 6 heterocycles. The lowest BCUT2D eigenvalue weighted by atomic mass is 9.56. The van der Waals surface area contributed by atoms with Crippen molar-refractivity contribution < 1.29 is 54.4 Å². The second-order valence-corrected chi connectivity index (χ2v) is 39.7. The van der Waals surface area contributed by atoms with E-state index in [1.165, 1.54) is 74.5 Å². The fraction of sp³-hybridized carbons (Fsp3) is 0.852. The Morgan fingerprint density at radius 2 is 0.902 bits per heavy atom. The summed E-state index contributed by atoms with van der Waals surface area (Å²) in [7, 11) is 0. The number of rotatable bonds is 3. The summed E-state index contributed by atoms with van der Waals surface area (Å²) in [6, 6.07) is 1.41. The largest absolute Gasteiger partial charge is 0.396 e. The van der Waals surface area contributed by atoms with Crippen molar-refractivity contribution in [1.29, 1.82) is 0 Å². The molecule has 0 aromatic rings. The van der Waals surface area contributed by atoms with Gasteiger partial charge in [-0.1, -0.05) is 108 Å². The molecule has 566 valence electrons. The lowest BCUT2D eigenvalue weighted by molar-refractivity contribution is -0.193. The topological polar surface area (TPSA) is 211 Å². The molecule has 6 saturated heterocycles. The van der Waals surface area contributed by atoms with Gasteiger partial charge in [0.1, 0.15) is 12.2 Å². The molecule has 7 saturated carbocycles. The summed E-state index contributed by atoms with van der Waals surface area (Å²) < 4.78 is 27.5. The van der Waals surface area contributed by atoms with Gasteiger partial charge in [-0.15, -0.1) is 0 Å². The van der Waals surface area contributed by atoms with E-state index in [9.17, 15) is 35.4 Å². The van der Waals surface area contributed by atoms with Crippen LogP contribution in [0.3, 0.4) is 0 Å². The van der Waals surface area contributed by atoms with Gasteiger partial charge in [0.05, 0.1) is 65.6 Å². The van der Waals surface area contributed by atoms with Crippen molar-refractivity contribution in [2.75, 3.05) is 26.2 Å². The minimum atomic E-state index is -1.29. The summed E-state index contributed by atoms with van der Waals surface area (Å²) in [5.41, 5.74) is 13.5. The van der Waals surface area contributed by atoms with Crippen LogP contribution >= 0.6 is 0 Å².